The number of allylic oxidation sites excluding steroid dienone is 6. The van der Waals surface area contributed by atoms with Crippen LogP contribution in [0.1, 0.15) is 102 Å². The summed E-state index contributed by atoms with van der Waals surface area (Å²) in [6.07, 6.45) is 7.11. The lowest BCUT2D eigenvalue weighted by atomic mass is 9.80. The highest BCUT2D eigenvalue weighted by Gasteiger charge is 2.34. The fraction of sp³-hybridized carbons (Fsp3) is 0.533. The highest BCUT2D eigenvalue weighted by Crippen LogP contribution is 2.40. The van der Waals surface area contributed by atoms with Gasteiger partial charge in [-0.15, -0.1) is 0 Å². The van der Waals surface area contributed by atoms with E-state index < -0.39 is 5.92 Å². The SMILES string of the molecule is C=C/C(C)=C(/CCC1CCC(F)(F)CC1)c1cc(CC)c(/C(C(=C)C)=C(\C)CC)cc1C. The van der Waals surface area contributed by atoms with Gasteiger partial charge in [0.2, 0.25) is 5.92 Å². The molecule has 32 heavy (non-hydrogen) atoms. The Labute approximate surface area is 195 Å². The van der Waals surface area contributed by atoms with E-state index in [-0.39, 0.29) is 12.8 Å². The van der Waals surface area contributed by atoms with E-state index in [1.165, 1.54) is 44.5 Å². The molecule has 0 saturated heterocycles. The van der Waals surface area contributed by atoms with Crippen molar-refractivity contribution in [2.75, 3.05) is 0 Å². The third-order valence-electron chi connectivity index (χ3n) is 7.23. The molecule has 0 spiro atoms. The second-order valence-electron chi connectivity index (χ2n) is 9.67. The molecule has 0 unspecified atom stereocenters. The van der Waals surface area contributed by atoms with Crippen LogP contribution in [0.25, 0.3) is 11.1 Å². The third kappa shape index (κ3) is 6.30. The molecule has 0 radical (unpaired) electrons. The van der Waals surface area contributed by atoms with Crippen LogP contribution < -0.4 is 0 Å². The van der Waals surface area contributed by atoms with Crippen LogP contribution in [0.3, 0.4) is 0 Å². The summed E-state index contributed by atoms with van der Waals surface area (Å²) >= 11 is 0. The summed E-state index contributed by atoms with van der Waals surface area (Å²) in [5.41, 5.74) is 11.4. The van der Waals surface area contributed by atoms with Crippen molar-refractivity contribution in [2.45, 2.75) is 98.8 Å². The molecule has 0 atom stereocenters. The van der Waals surface area contributed by atoms with Gasteiger partial charge in [0.15, 0.2) is 0 Å². The first-order chi connectivity index (χ1) is 15.0. The monoisotopic (exact) mass is 440 g/mol. The predicted octanol–water partition coefficient (Wildman–Crippen LogP) is 9.88. The molecule has 2 heteroatoms. The molecule has 2 rings (SSSR count). The molecule has 1 aromatic rings. The van der Waals surface area contributed by atoms with Crippen molar-refractivity contribution in [2.24, 2.45) is 5.92 Å². The molecular weight excluding hydrogens is 398 g/mol. The average molecular weight is 441 g/mol. The number of aryl methyl sites for hydroxylation is 2. The second-order valence-corrected chi connectivity index (χ2v) is 9.67. The van der Waals surface area contributed by atoms with Crippen molar-refractivity contribution in [1.82, 2.24) is 0 Å². The van der Waals surface area contributed by atoms with E-state index in [1.54, 1.807) is 0 Å². The van der Waals surface area contributed by atoms with E-state index in [0.717, 1.165) is 31.3 Å². The quantitative estimate of drug-likeness (QED) is 0.335. The fourth-order valence-corrected chi connectivity index (χ4v) is 5.01. The first-order valence-corrected chi connectivity index (χ1v) is 12.2. The zero-order valence-corrected chi connectivity index (χ0v) is 21.1. The largest absolute Gasteiger partial charge is 0.248 e. The van der Waals surface area contributed by atoms with Gasteiger partial charge in [0, 0.05) is 12.8 Å². The highest BCUT2D eigenvalue weighted by atomic mass is 19.3. The van der Waals surface area contributed by atoms with Gasteiger partial charge in [-0.05, 0) is 111 Å². The fourth-order valence-electron chi connectivity index (χ4n) is 5.01. The predicted molar refractivity (Wildman–Crippen MR) is 137 cm³/mol. The maximum Gasteiger partial charge on any atom is 0.248 e. The number of halogens is 2. The maximum absolute atomic E-state index is 13.6. The zero-order chi connectivity index (χ0) is 24.1. The summed E-state index contributed by atoms with van der Waals surface area (Å²) in [6.45, 7) is 21.3. The van der Waals surface area contributed by atoms with Crippen LogP contribution >= 0.6 is 0 Å². The summed E-state index contributed by atoms with van der Waals surface area (Å²) < 4.78 is 27.1. The van der Waals surface area contributed by atoms with Crippen LogP contribution in [0.2, 0.25) is 0 Å². The van der Waals surface area contributed by atoms with Gasteiger partial charge in [0.1, 0.15) is 0 Å². The lowest BCUT2D eigenvalue weighted by Gasteiger charge is -2.29. The molecule has 0 heterocycles. The Morgan fingerprint density at radius 2 is 1.72 bits per heavy atom. The van der Waals surface area contributed by atoms with Gasteiger partial charge in [0.05, 0.1) is 0 Å². The molecule has 1 aliphatic carbocycles. The van der Waals surface area contributed by atoms with E-state index in [1.807, 2.05) is 6.08 Å². The van der Waals surface area contributed by atoms with Crippen LogP contribution in [0.15, 0.2) is 48.1 Å². The molecule has 1 fully saturated rings. The van der Waals surface area contributed by atoms with E-state index >= 15 is 0 Å². The van der Waals surface area contributed by atoms with Gasteiger partial charge in [-0.3, -0.25) is 0 Å². The van der Waals surface area contributed by atoms with Crippen LogP contribution in [-0.2, 0) is 6.42 Å². The lowest BCUT2D eigenvalue weighted by Crippen LogP contribution is -2.24. The number of rotatable bonds is 9. The lowest BCUT2D eigenvalue weighted by molar-refractivity contribution is -0.0463. The molecule has 176 valence electrons. The van der Waals surface area contributed by atoms with Gasteiger partial charge in [0.25, 0.3) is 0 Å². The van der Waals surface area contributed by atoms with Crippen molar-refractivity contribution in [3.8, 4) is 0 Å². The molecule has 1 aromatic carbocycles. The molecule has 0 aliphatic heterocycles. The van der Waals surface area contributed by atoms with Crippen LogP contribution in [0.5, 0.6) is 0 Å². The van der Waals surface area contributed by atoms with Crippen molar-refractivity contribution in [1.29, 1.82) is 0 Å². The van der Waals surface area contributed by atoms with Crippen LogP contribution in [-0.4, -0.2) is 5.92 Å². The number of alkyl halides is 2. The third-order valence-corrected chi connectivity index (χ3v) is 7.23. The number of benzene rings is 1. The molecule has 0 amide bonds. The molecule has 0 bridgehead atoms. The van der Waals surface area contributed by atoms with E-state index in [9.17, 15) is 8.78 Å². The molecule has 0 nitrogen and oxygen atoms in total. The first-order valence-electron chi connectivity index (χ1n) is 12.2. The summed E-state index contributed by atoms with van der Waals surface area (Å²) in [5.74, 6) is -2.07. The molecule has 0 aromatic heterocycles. The maximum atomic E-state index is 13.6. The van der Waals surface area contributed by atoms with Crippen molar-refractivity contribution < 1.29 is 8.78 Å². The van der Waals surface area contributed by atoms with Crippen molar-refractivity contribution in [3.05, 3.63) is 70.3 Å². The Kier molecular flexibility index (Phi) is 9.25. The average Bonchev–Trinajstić information content (AvgIpc) is 2.75. The van der Waals surface area contributed by atoms with Gasteiger partial charge < -0.3 is 0 Å². The van der Waals surface area contributed by atoms with Gasteiger partial charge in [-0.25, -0.2) is 8.78 Å². The van der Waals surface area contributed by atoms with Crippen LogP contribution in [0.4, 0.5) is 8.78 Å². The van der Waals surface area contributed by atoms with Crippen LogP contribution in [0, 0.1) is 12.8 Å². The van der Waals surface area contributed by atoms with E-state index in [0.29, 0.717) is 18.8 Å². The highest BCUT2D eigenvalue weighted by molar-refractivity contribution is 5.84. The zero-order valence-electron chi connectivity index (χ0n) is 21.1. The minimum absolute atomic E-state index is 0.0393. The van der Waals surface area contributed by atoms with Gasteiger partial charge in [-0.2, -0.15) is 0 Å². The van der Waals surface area contributed by atoms with Crippen molar-refractivity contribution in [3.63, 3.8) is 0 Å². The smallest absolute Gasteiger partial charge is 0.207 e. The Morgan fingerprint density at radius 1 is 1.09 bits per heavy atom. The Morgan fingerprint density at radius 3 is 2.22 bits per heavy atom. The Bertz CT molecular complexity index is 901. The van der Waals surface area contributed by atoms with E-state index in [2.05, 4.69) is 66.8 Å². The second kappa shape index (κ2) is 11.3. The molecule has 1 aliphatic rings. The normalized spacial score (nSPS) is 18.1. The molecule has 0 N–H and O–H groups in total. The summed E-state index contributed by atoms with van der Waals surface area (Å²) in [4.78, 5) is 0. The molecule has 1 saturated carbocycles. The minimum Gasteiger partial charge on any atom is -0.207 e. The summed E-state index contributed by atoms with van der Waals surface area (Å²) in [6, 6.07) is 4.68. The minimum atomic E-state index is -2.46. The summed E-state index contributed by atoms with van der Waals surface area (Å²) in [7, 11) is 0. The van der Waals surface area contributed by atoms with Crippen molar-refractivity contribution >= 4 is 11.1 Å². The van der Waals surface area contributed by atoms with E-state index in [4.69, 9.17) is 0 Å². The first kappa shape index (κ1) is 26.3. The van der Waals surface area contributed by atoms with Gasteiger partial charge in [-0.1, -0.05) is 56.4 Å². The molecular formula is C30H42F2. The number of hydrogen-bond donors (Lipinski definition) is 0. The Balaban J connectivity index is 2.44. The standard InChI is InChI=1S/C30H42F2/c1-9-21(6)26(13-12-24-14-16-30(31,32)17-15-24)27-19-25(11-3)28(18-23(27)8)29(20(4)5)22(7)10-2/h9,18-19,24H,1,4,10-17H2,2-3,5-8H3/b26-21-,29-22+. The topological polar surface area (TPSA) is 0 Å². The van der Waals surface area contributed by atoms with Gasteiger partial charge >= 0.3 is 0 Å². The Hall–Kier alpha value is -1.96. The summed E-state index contributed by atoms with van der Waals surface area (Å²) in [5, 5.41) is 0. The number of hydrogen-bond acceptors (Lipinski definition) is 0.